The molecule has 0 fully saturated rings. The zero-order chi connectivity index (χ0) is 13.8. The first-order valence-electron chi connectivity index (χ1n) is 6.26. The second-order valence-corrected chi connectivity index (χ2v) is 4.65. The highest BCUT2D eigenvalue weighted by Crippen LogP contribution is 2.22. The van der Waals surface area contributed by atoms with Crippen LogP contribution in [0.15, 0.2) is 24.3 Å². The van der Waals surface area contributed by atoms with Gasteiger partial charge in [0, 0.05) is 30.9 Å². The van der Waals surface area contributed by atoms with E-state index in [4.69, 9.17) is 16.3 Å². The summed E-state index contributed by atoms with van der Waals surface area (Å²) in [5.74, 6) is 0.863. The molecule has 5 heteroatoms. The standard InChI is InChI=1S/C14H18ClN3O/c1-4-19-12-7-5-6-11(8-12)16-9-13-10(2)17-18(3)14(13)15/h5-8,16H,4,9H2,1-3H3. The van der Waals surface area contributed by atoms with E-state index in [1.807, 2.05) is 45.2 Å². The lowest BCUT2D eigenvalue weighted by Crippen LogP contribution is -2.01. The first-order chi connectivity index (χ1) is 9.11. The van der Waals surface area contributed by atoms with Gasteiger partial charge in [-0.1, -0.05) is 17.7 Å². The van der Waals surface area contributed by atoms with E-state index in [1.165, 1.54) is 0 Å². The summed E-state index contributed by atoms with van der Waals surface area (Å²) in [6.07, 6.45) is 0. The molecule has 0 bridgehead atoms. The third-order valence-corrected chi connectivity index (χ3v) is 3.36. The molecular weight excluding hydrogens is 262 g/mol. The zero-order valence-electron chi connectivity index (χ0n) is 11.4. The lowest BCUT2D eigenvalue weighted by Gasteiger charge is -2.09. The number of hydrogen-bond acceptors (Lipinski definition) is 3. The molecule has 0 saturated carbocycles. The van der Waals surface area contributed by atoms with Gasteiger partial charge in [0.2, 0.25) is 0 Å². The molecule has 19 heavy (non-hydrogen) atoms. The van der Waals surface area contributed by atoms with E-state index >= 15 is 0 Å². The van der Waals surface area contributed by atoms with Crippen LogP contribution in [0.25, 0.3) is 0 Å². The lowest BCUT2D eigenvalue weighted by molar-refractivity contribution is 0.340. The SMILES string of the molecule is CCOc1cccc(NCc2c(C)nn(C)c2Cl)c1. The van der Waals surface area contributed by atoms with Crippen molar-refractivity contribution in [2.75, 3.05) is 11.9 Å². The van der Waals surface area contributed by atoms with Gasteiger partial charge in [0.25, 0.3) is 0 Å². The van der Waals surface area contributed by atoms with E-state index in [2.05, 4.69) is 10.4 Å². The molecule has 0 unspecified atom stereocenters. The smallest absolute Gasteiger partial charge is 0.131 e. The van der Waals surface area contributed by atoms with Crippen molar-refractivity contribution in [3.05, 3.63) is 40.7 Å². The van der Waals surface area contributed by atoms with Crippen LogP contribution in [0.1, 0.15) is 18.2 Å². The molecule has 0 radical (unpaired) electrons. The van der Waals surface area contributed by atoms with Crippen LogP contribution in [-0.2, 0) is 13.6 Å². The summed E-state index contributed by atoms with van der Waals surface area (Å²) in [6.45, 7) is 5.24. The maximum absolute atomic E-state index is 6.20. The number of aryl methyl sites for hydroxylation is 2. The highest BCUT2D eigenvalue weighted by Gasteiger charge is 2.10. The molecule has 0 saturated heterocycles. The largest absolute Gasteiger partial charge is 0.494 e. The minimum absolute atomic E-state index is 0.647. The van der Waals surface area contributed by atoms with E-state index in [9.17, 15) is 0 Å². The van der Waals surface area contributed by atoms with Crippen molar-refractivity contribution in [2.45, 2.75) is 20.4 Å². The van der Waals surface area contributed by atoms with Crippen molar-refractivity contribution in [1.82, 2.24) is 9.78 Å². The second kappa shape index (κ2) is 5.97. The molecule has 2 rings (SSSR count). The molecule has 1 aromatic heterocycles. The Morgan fingerprint density at radius 1 is 1.42 bits per heavy atom. The Kier molecular flexibility index (Phi) is 4.32. The lowest BCUT2D eigenvalue weighted by atomic mass is 10.2. The van der Waals surface area contributed by atoms with Gasteiger partial charge in [-0.2, -0.15) is 5.10 Å². The van der Waals surface area contributed by atoms with Crippen LogP contribution in [0.5, 0.6) is 5.75 Å². The fraction of sp³-hybridized carbons (Fsp3) is 0.357. The maximum atomic E-state index is 6.20. The predicted molar refractivity (Wildman–Crippen MR) is 77.9 cm³/mol. The van der Waals surface area contributed by atoms with E-state index in [0.717, 1.165) is 22.7 Å². The number of hydrogen-bond donors (Lipinski definition) is 1. The highest BCUT2D eigenvalue weighted by molar-refractivity contribution is 6.30. The summed E-state index contributed by atoms with van der Waals surface area (Å²) in [5, 5.41) is 8.30. The summed E-state index contributed by atoms with van der Waals surface area (Å²) in [4.78, 5) is 0. The normalized spacial score (nSPS) is 10.5. The number of aromatic nitrogens is 2. The summed E-state index contributed by atoms with van der Waals surface area (Å²) in [5.41, 5.74) is 2.97. The van der Waals surface area contributed by atoms with Crippen molar-refractivity contribution >= 4 is 17.3 Å². The van der Waals surface area contributed by atoms with Gasteiger partial charge in [0.15, 0.2) is 0 Å². The molecule has 1 aromatic carbocycles. The van der Waals surface area contributed by atoms with E-state index < -0.39 is 0 Å². The van der Waals surface area contributed by atoms with Gasteiger partial charge in [-0.15, -0.1) is 0 Å². The third-order valence-electron chi connectivity index (χ3n) is 2.88. The first-order valence-corrected chi connectivity index (χ1v) is 6.64. The highest BCUT2D eigenvalue weighted by atomic mass is 35.5. The van der Waals surface area contributed by atoms with Gasteiger partial charge in [0.05, 0.1) is 12.3 Å². The van der Waals surface area contributed by atoms with Crippen LogP contribution in [0.4, 0.5) is 5.69 Å². The predicted octanol–water partition coefficient (Wildman–Crippen LogP) is 3.39. The van der Waals surface area contributed by atoms with Gasteiger partial charge in [-0.05, 0) is 26.0 Å². The Hall–Kier alpha value is -1.68. The summed E-state index contributed by atoms with van der Waals surface area (Å²) in [6, 6.07) is 7.88. The molecule has 4 nitrogen and oxygen atoms in total. The summed E-state index contributed by atoms with van der Waals surface area (Å²) < 4.78 is 7.15. The van der Waals surface area contributed by atoms with E-state index in [-0.39, 0.29) is 0 Å². The van der Waals surface area contributed by atoms with Crippen molar-refractivity contribution < 1.29 is 4.74 Å². The van der Waals surface area contributed by atoms with Crippen LogP contribution >= 0.6 is 11.6 Å². The summed E-state index contributed by atoms with van der Waals surface area (Å²) >= 11 is 6.20. The number of rotatable bonds is 5. The molecule has 0 aliphatic heterocycles. The molecule has 0 spiro atoms. The van der Waals surface area contributed by atoms with Gasteiger partial charge in [-0.3, -0.25) is 4.68 Å². The number of anilines is 1. The van der Waals surface area contributed by atoms with E-state index in [0.29, 0.717) is 18.3 Å². The Morgan fingerprint density at radius 2 is 2.21 bits per heavy atom. The number of nitrogens with zero attached hydrogens (tertiary/aromatic N) is 2. The van der Waals surface area contributed by atoms with Gasteiger partial charge in [-0.25, -0.2) is 0 Å². The molecule has 0 atom stereocenters. The van der Waals surface area contributed by atoms with E-state index in [1.54, 1.807) is 4.68 Å². The Bertz CT molecular complexity index is 566. The molecule has 0 amide bonds. The Balaban J connectivity index is 2.08. The number of benzene rings is 1. The maximum Gasteiger partial charge on any atom is 0.131 e. The molecule has 1 N–H and O–H groups in total. The van der Waals surface area contributed by atoms with Gasteiger partial charge in [0.1, 0.15) is 10.9 Å². The molecule has 0 aliphatic carbocycles. The average molecular weight is 280 g/mol. The van der Waals surface area contributed by atoms with Crippen LogP contribution < -0.4 is 10.1 Å². The zero-order valence-corrected chi connectivity index (χ0v) is 12.2. The topological polar surface area (TPSA) is 39.1 Å². The molecule has 0 aliphatic rings. The van der Waals surface area contributed by atoms with Crippen LogP contribution in [0, 0.1) is 6.92 Å². The fourth-order valence-corrected chi connectivity index (χ4v) is 2.17. The monoisotopic (exact) mass is 279 g/mol. The first kappa shape index (κ1) is 13.7. The van der Waals surface area contributed by atoms with Crippen molar-refractivity contribution in [2.24, 2.45) is 7.05 Å². The minimum Gasteiger partial charge on any atom is -0.494 e. The molecule has 1 heterocycles. The fourth-order valence-electron chi connectivity index (χ4n) is 1.93. The van der Waals surface area contributed by atoms with Crippen LogP contribution in [-0.4, -0.2) is 16.4 Å². The van der Waals surface area contributed by atoms with Crippen LogP contribution in [0.3, 0.4) is 0 Å². The quantitative estimate of drug-likeness (QED) is 0.912. The van der Waals surface area contributed by atoms with Gasteiger partial charge < -0.3 is 10.1 Å². The Morgan fingerprint density at radius 3 is 2.84 bits per heavy atom. The molecule has 2 aromatic rings. The van der Waals surface area contributed by atoms with Gasteiger partial charge >= 0.3 is 0 Å². The average Bonchev–Trinajstić information content (AvgIpc) is 2.62. The van der Waals surface area contributed by atoms with Crippen molar-refractivity contribution in [3.63, 3.8) is 0 Å². The van der Waals surface area contributed by atoms with Crippen LogP contribution in [0.2, 0.25) is 5.15 Å². The molecular formula is C14H18ClN3O. The number of ether oxygens (including phenoxy) is 1. The Labute approximate surface area is 118 Å². The summed E-state index contributed by atoms with van der Waals surface area (Å²) in [7, 11) is 1.84. The molecule has 102 valence electrons. The number of halogens is 1. The second-order valence-electron chi connectivity index (χ2n) is 4.29. The minimum atomic E-state index is 0.647. The van der Waals surface area contributed by atoms with Crippen molar-refractivity contribution in [3.8, 4) is 5.75 Å². The third kappa shape index (κ3) is 3.20. The number of nitrogens with one attached hydrogen (secondary N) is 1. The van der Waals surface area contributed by atoms with Crippen molar-refractivity contribution in [1.29, 1.82) is 0 Å².